The number of carbonyl (C=O) groups is 1. The van der Waals surface area contributed by atoms with Crippen molar-refractivity contribution < 1.29 is 14.3 Å². The maximum atomic E-state index is 11.9. The monoisotopic (exact) mass is 328 g/mol. The summed E-state index contributed by atoms with van der Waals surface area (Å²) in [6.45, 7) is 2.64. The van der Waals surface area contributed by atoms with Crippen LogP contribution in [-0.4, -0.2) is 33.2 Å². The number of ether oxygens (including phenoxy) is 2. The molecule has 1 fully saturated rings. The highest BCUT2D eigenvalue weighted by atomic mass is 35.5. The third kappa shape index (κ3) is 5.39. The van der Waals surface area contributed by atoms with Gasteiger partial charge in [-0.2, -0.15) is 0 Å². The molecule has 1 aliphatic heterocycles. The first-order valence-electron chi connectivity index (χ1n) is 7.41. The van der Waals surface area contributed by atoms with E-state index in [0.29, 0.717) is 30.4 Å². The van der Waals surface area contributed by atoms with Gasteiger partial charge in [0.15, 0.2) is 11.5 Å². The normalized spacial score (nSPS) is 16.7. The van der Waals surface area contributed by atoms with Crippen molar-refractivity contribution >= 4 is 18.3 Å². The molecular formula is C16H25ClN2O3. The first kappa shape index (κ1) is 18.6. The molecule has 2 N–H and O–H groups in total. The fourth-order valence-electron chi connectivity index (χ4n) is 2.58. The molecule has 124 valence electrons. The van der Waals surface area contributed by atoms with Gasteiger partial charge in [0, 0.05) is 13.0 Å². The number of hydrogen-bond acceptors (Lipinski definition) is 4. The molecule has 1 amide bonds. The average Bonchev–Trinajstić information content (AvgIpc) is 3.04. The van der Waals surface area contributed by atoms with E-state index >= 15 is 0 Å². The molecule has 0 saturated carbocycles. The third-order valence-corrected chi connectivity index (χ3v) is 3.88. The minimum absolute atomic E-state index is 0. The highest BCUT2D eigenvalue weighted by molar-refractivity contribution is 5.85. The molecule has 1 unspecified atom stereocenters. The van der Waals surface area contributed by atoms with Crippen LogP contribution in [0.15, 0.2) is 18.2 Å². The van der Waals surface area contributed by atoms with Crippen LogP contribution in [0.4, 0.5) is 0 Å². The van der Waals surface area contributed by atoms with E-state index in [1.54, 1.807) is 14.2 Å². The van der Waals surface area contributed by atoms with Gasteiger partial charge in [-0.05, 0) is 49.5 Å². The van der Waals surface area contributed by atoms with Crippen LogP contribution in [0.2, 0.25) is 0 Å². The molecule has 1 atom stereocenters. The number of benzene rings is 1. The number of halogens is 1. The van der Waals surface area contributed by atoms with Crippen molar-refractivity contribution in [2.45, 2.75) is 25.8 Å². The molecule has 1 heterocycles. The Morgan fingerprint density at radius 3 is 2.73 bits per heavy atom. The quantitative estimate of drug-likeness (QED) is 0.805. The van der Waals surface area contributed by atoms with E-state index in [1.165, 1.54) is 6.42 Å². The Bertz CT molecular complexity index is 476. The lowest BCUT2D eigenvalue weighted by molar-refractivity contribution is -0.121. The molecule has 1 saturated heterocycles. The number of carbonyl (C=O) groups excluding carboxylic acids is 1. The van der Waals surface area contributed by atoms with Crippen LogP contribution in [0.25, 0.3) is 0 Å². The predicted octanol–water partition coefficient (Wildman–Crippen LogP) is 2.13. The highest BCUT2D eigenvalue weighted by Gasteiger charge is 2.15. The molecule has 0 radical (unpaired) electrons. The van der Waals surface area contributed by atoms with E-state index < -0.39 is 0 Å². The molecule has 1 aliphatic rings. The van der Waals surface area contributed by atoms with E-state index in [-0.39, 0.29) is 18.3 Å². The number of amides is 1. The van der Waals surface area contributed by atoms with Crippen LogP contribution in [0.3, 0.4) is 0 Å². The van der Waals surface area contributed by atoms with Crippen LogP contribution >= 0.6 is 12.4 Å². The van der Waals surface area contributed by atoms with Gasteiger partial charge in [-0.1, -0.05) is 6.07 Å². The lowest BCUT2D eigenvalue weighted by atomic mass is 10.0. The predicted molar refractivity (Wildman–Crippen MR) is 88.9 cm³/mol. The van der Waals surface area contributed by atoms with Crippen molar-refractivity contribution in [1.82, 2.24) is 10.6 Å². The van der Waals surface area contributed by atoms with Crippen molar-refractivity contribution in [3.05, 3.63) is 23.8 Å². The molecule has 0 aliphatic carbocycles. The Hall–Kier alpha value is -1.46. The SMILES string of the molecule is COc1ccc(CNC(=O)CCC2CCNC2)cc1OC.Cl. The van der Waals surface area contributed by atoms with Gasteiger partial charge in [0.1, 0.15) is 0 Å². The van der Waals surface area contributed by atoms with E-state index in [2.05, 4.69) is 10.6 Å². The van der Waals surface area contributed by atoms with Crippen molar-refractivity contribution in [3.8, 4) is 11.5 Å². The molecule has 0 bridgehead atoms. The van der Waals surface area contributed by atoms with Gasteiger partial charge in [-0.3, -0.25) is 4.79 Å². The molecular weight excluding hydrogens is 304 g/mol. The van der Waals surface area contributed by atoms with Gasteiger partial charge in [0.05, 0.1) is 14.2 Å². The van der Waals surface area contributed by atoms with Crippen LogP contribution in [0.5, 0.6) is 11.5 Å². The second kappa shape index (κ2) is 9.54. The summed E-state index contributed by atoms with van der Waals surface area (Å²) in [5, 5.41) is 6.28. The fraction of sp³-hybridized carbons (Fsp3) is 0.562. The molecule has 2 rings (SSSR count). The van der Waals surface area contributed by atoms with Crippen molar-refractivity contribution in [2.75, 3.05) is 27.3 Å². The van der Waals surface area contributed by atoms with Crippen LogP contribution in [0, 0.1) is 5.92 Å². The summed E-state index contributed by atoms with van der Waals surface area (Å²) in [6.07, 6.45) is 2.74. The van der Waals surface area contributed by atoms with Crippen LogP contribution < -0.4 is 20.1 Å². The molecule has 5 nitrogen and oxygen atoms in total. The van der Waals surface area contributed by atoms with Crippen LogP contribution in [0.1, 0.15) is 24.8 Å². The van der Waals surface area contributed by atoms with E-state index in [1.807, 2.05) is 18.2 Å². The Balaban J connectivity index is 0.00000242. The summed E-state index contributed by atoms with van der Waals surface area (Å²) in [7, 11) is 3.22. The molecule has 1 aromatic rings. The standard InChI is InChI=1S/C16H24N2O3.ClH/c1-20-14-5-3-13(9-15(14)21-2)11-18-16(19)6-4-12-7-8-17-10-12;/h3,5,9,12,17H,4,6-8,10-11H2,1-2H3,(H,18,19);1H. The van der Waals surface area contributed by atoms with Gasteiger partial charge >= 0.3 is 0 Å². The topological polar surface area (TPSA) is 59.6 Å². The summed E-state index contributed by atoms with van der Waals surface area (Å²) in [5.41, 5.74) is 1.00. The van der Waals surface area contributed by atoms with Gasteiger partial charge < -0.3 is 20.1 Å². The zero-order valence-corrected chi connectivity index (χ0v) is 14.0. The Labute approximate surface area is 138 Å². The Morgan fingerprint density at radius 2 is 2.09 bits per heavy atom. The summed E-state index contributed by atoms with van der Waals surface area (Å²) in [4.78, 5) is 11.9. The minimum atomic E-state index is 0. The number of methoxy groups -OCH3 is 2. The zero-order valence-electron chi connectivity index (χ0n) is 13.2. The summed E-state index contributed by atoms with van der Waals surface area (Å²) >= 11 is 0. The molecule has 0 aromatic heterocycles. The van der Waals surface area contributed by atoms with E-state index in [9.17, 15) is 4.79 Å². The second-order valence-corrected chi connectivity index (χ2v) is 5.36. The summed E-state index contributed by atoms with van der Waals surface area (Å²) in [5.74, 6) is 2.14. The Kier molecular flexibility index (Phi) is 8.06. The number of rotatable bonds is 7. The van der Waals surface area contributed by atoms with Gasteiger partial charge in [0.25, 0.3) is 0 Å². The molecule has 22 heavy (non-hydrogen) atoms. The van der Waals surface area contributed by atoms with Crippen molar-refractivity contribution in [3.63, 3.8) is 0 Å². The number of nitrogens with one attached hydrogen (secondary N) is 2. The van der Waals surface area contributed by atoms with E-state index in [0.717, 1.165) is 25.1 Å². The highest BCUT2D eigenvalue weighted by Crippen LogP contribution is 2.27. The average molecular weight is 329 g/mol. The summed E-state index contributed by atoms with van der Waals surface area (Å²) in [6, 6.07) is 5.67. The molecule has 6 heteroatoms. The first-order valence-corrected chi connectivity index (χ1v) is 7.41. The van der Waals surface area contributed by atoms with E-state index in [4.69, 9.17) is 9.47 Å². The smallest absolute Gasteiger partial charge is 0.220 e. The van der Waals surface area contributed by atoms with Gasteiger partial charge in [0.2, 0.25) is 5.91 Å². The molecule has 0 spiro atoms. The molecule has 1 aromatic carbocycles. The Morgan fingerprint density at radius 1 is 1.32 bits per heavy atom. The van der Waals surface area contributed by atoms with Crippen LogP contribution in [-0.2, 0) is 11.3 Å². The first-order chi connectivity index (χ1) is 10.2. The summed E-state index contributed by atoms with van der Waals surface area (Å²) < 4.78 is 10.4. The lowest BCUT2D eigenvalue weighted by Gasteiger charge is -2.11. The van der Waals surface area contributed by atoms with Crippen molar-refractivity contribution in [1.29, 1.82) is 0 Å². The minimum Gasteiger partial charge on any atom is -0.493 e. The van der Waals surface area contributed by atoms with Gasteiger partial charge in [-0.25, -0.2) is 0 Å². The van der Waals surface area contributed by atoms with Crippen molar-refractivity contribution in [2.24, 2.45) is 5.92 Å². The largest absolute Gasteiger partial charge is 0.493 e. The van der Waals surface area contributed by atoms with Gasteiger partial charge in [-0.15, -0.1) is 12.4 Å². The maximum Gasteiger partial charge on any atom is 0.220 e. The third-order valence-electron chi connectivity index (χ3n) is 3.88. The lowest BCUT2D eigenvalue weighted by Crippen LogP contribution is -2.23. The second-order valence-electron chi connectivity index (χ2n) is 5.36. The zero-order chi connectivity index (χ0) is 15.1. The number of hydrogen-bond donors (Lipinski definition) is 2. The fourth-order valence-corrected chi connectivity index (χ4v) is 2.58. The maximum absolute atomic E-state index is 11.9.